The molecule has 74 valence electrons. The SMILES string of the molecule is CC#CCCNc1ccc(Br)c(Cl)c1. The minimum atomic E-state index is 0.719. The van der Waals surface area contributed by atoms with E-state index in [-0.39, 0.29) is 0 Å². The lowest BCUT2D eigenvalue weighted by Gasteiger charge is -2.04. The Morgan fingerprint density at radius 2 is 2.29 bits per heavy atom. The monoisotopic (exact) mass is 271 g/mol. The number of rotatable bonds is 3. The summed E-state index contributed by atoms with van der Waals surface area (Å²) in [5.74, 6) is 5.84. The van der Waals surface area contributed by atoms with Gasteiger partial charge >= 0.3 is 0 Å². The van der Waals surface area contributed by atoms with E-state index < -0.39 is 0 Å². The Morgan fingerprint density at radius 3 is 2.93 bits per heavy atom. The van der Waals surface area contributed by atoms with Crippen molar-refractivity contribution in [3.05, 3.63) is 27.7 Å². The molecule has 3 heteroatoms. The average Bonchev–Trinajstić information content (AvgIpc) is 2.18. The summed E-state index contributed by atoms with van der Waals surface area (Å²) < 4.78 is 0.915. The van der Waals surface area contributed by atoms with Gasteiger partial charge in [0.15, 0.2) is 0 Å². The molecule has 0 aliphatic carbocycles. The molecule has 0 radical (unpaired) electrons. The van der Waals surface area contributed by atoms with Crippen LogP contribution in [0.1, 0.15) is 13.3 Å². The van der Waals surface area contributed by atoms with Gasteiger partial charge in [0, 0.05) is 23.1 Å². The molecule has 0 atom stereocenters. The predicted molar refractivity (Wildman–Crippen MR) is 65.7 cm³/mol. The Bertz CT molecular complexity index is 365. The Kier molecular flexibility index (Phi) is 4.86. The Labute approximate surface area is 98.0 Å². The number of halogens is 2. The molecule has 0 fully saturated rings. The number of anilines is 1. The van der Waals surface area contributed by atoms with Gasteiger partial charge in [0.2, 0.25) is 0 Å². The minimum Gasteiger partial charge on any atom is -0.384 e. The van der Waals surface area contributed by atoms with Crippen LogP contribution in [0, 0.1) is 11.8 Å². The molecule has 0 aliphatic heterocycles. The number of hydrogen-bond acceptors (Lipinski definition) is 1. The van der Waals surface area contributed by atoms with Crippen molar-refractivity contribution in [2.24, 2.45) is 0 Å². The normalized spacial score (nSPS) is 9.07. The van der Waals surface area contributed by atoms with Crippen LogP contribution >= 0.6 is 27.5 Å². The summed E-state index contributed by atoms with van der Waals surface area (Å²) in [5.41, 5.74) is 1.02. The zero-order valence-corrected chi connectivity index (χ0v) is 10.2. The van der Waals surface area contributed by atoms with E-state index in [0.717, 1.165) is 28.1 Å². The van der Waals surface area contributed by atoms with Crippen molar-refractivity contribution in [2.45, 2.75) is 13.3 Å². The molecule has 1 rings (SSSR count). The van der Waals surface area contributed by atoms with E-state index in [1.54, 1.807) is 0 Å². The molecule has 0 heterocycles. The van der Waals surface area contributed by atoms with Gasteiger partial charge in [-0.15, -0.1) is 11.8 Å². The van der Waals surface area contributed by atoms with Crippen LogP contribution in [0.5, 0.6) is 0 Å². The van der Waals surface area contributed by atoms with Gasteiger partial charge in [0.25, 0.3) is 0 Å². The lowest BCUT2D eigenvalue weighted by atomic mass is 10.3. The molecule has 0 bridgehead atoms. The van der Waals surface area contributed by atoms with Crippen LogP contribution in [-0.4, -0.2) is 6.54 Å². The van der Waals surface area contributed by atoms with Crippen LogP contribution in [0.3, 0.4) is 0 Å². The smallest absolute Gasteiger partial charge is 0.0568 e. The van der Waals surface area contributed by atoms with Crippen LogP contribution in [0.15, 0.2) is 22.7 Å². The molecule has 0 amide bonds. The molecule has 1 aromatic rings. The Balaban J connectivity index is 2.50. The van der Waals surface area contributed by atoms with Gasteiger partial charge in [-0.1, -0.05) is 11.6 Å². The second-order valence-corrected chi connectivity index (χ2v) is 3.99. The number of hydrogen-bond donors (Lipinski definition) is 1. The molecule has 0 aromatic heterocycles. The Hall–Kier alpha value is -0.650. The fourth-order valence-electron chi connectivity index (χ4n) is 1.00. The highest BCUT2D eigenvalue weighted by Crippen LogP contribution is 2.25. The Morgan fingerprint density at radius 1 is 1.50 bits per heavy atom. The zero-order chi connectivity index (χ0) is 10.4. The van der Waals surface area contributed by atoms with E-state index in [1.165, 1.54) is 0 Å². The van der Waals surface area contributed by atoms with E-state index in [0.29, 0.717) is 0 Å². The molecule has 14 heavy (non-hydrogen) atoms. The second kappa shape index (κ2) is 5.95. The molecule has 0 aliphatic rings. The topological polar surface area (TPSA) is 12.0 Å². The van der Waals surface area contributed by atoms with Crippen molar-refractivity contribution in [3.63, 3.8) is 0 Å². The fraction of sp³-hybridized carbons (Fsp3) is 0.273. The minimum absolute atomic E-state index is 0.719. The van der Waals surface area contributed by atoms with Crippen molar-refractivity contribution in [1.29, 1.82) is 0 Å². The summed E-state index contributed by atoms with van der Waals surface area (Å²) in [5, 5.41) is 3.96. The van der Waals surface area contributed by atoms with Gasteiger partial charge in [0.05, 0.1) is 5.02 Å². The predicted octanol–water partition coefficient (Wildman–Crippen LogP) is 3.93. The third-order valence-corrected chi connectivity index (χ3v) is 2.91. The first-order valence-corrected chi connectivity index (χ1v) is 5.49. The molecular formula is C11H11BrClN. The molecule has 0 saturated carbocycles. The van der Waals surface area contributed by atoms with Crippen LogP contribution in [0.25, 0.3) is 0 Å². The van der Waals surface area contributed by atoms with Crippen molar-refractivity contribution in [2.75, 3.05) is 11.9 Å². The molecule has 1 nitrogen and oxygen atoms in total. The van der Waals surface area contributed by atoms with Gasteiger partial charge in [-0.2, -0.15) is 0 Å². The second-order valence-electron chi connectivity index (χ2n) is 2.73. The maximum Gasteiger partial charge on any atom is 0.0568 e. The van der Waals surface area contributed by atoms with Gasteiger partial charge < -0.3 is 5.32 Å². The highest BCUT2D eigenvalue weighted by Gasteiger charge is 1.97. The van der Waals surface area contributed by atoms with Crippen molar-refractivity contribution < 1.29 is 0 Å². The maximum atomic E-state index is 5.94. The summed E-state index contributed by atoms with van der Waals surface area (Å²) >= 11 is 9.28. The first kappa shape index (κ1) is 11.4. The number of benzene rings is 1. The largest absolute Gasteiger partial charge is 0.384 e. The van der Waals surface area contributed by atoms with Crippen molar-refractivity contribution in [1.82, 2.24) is 0 Å². The van der Waals surface area contributed by atoms with Crippen LogP contribution in [0.2, 0.25) is 5.02 Å². The fourth-order valence-corrected chi connectivity index (χ4v) is 1.43. The third-order valence-electron chi connectivity index (χ3n) is 1.68. The van der Waals surface area contributed by atoms with Gasteiger partial charge in [-0.05, 0) is 41.1 Å². The maximum absolute atomic E-state index is 5.94. The van der Waals surface area contributed by atoms with Crippen LogP contribution in [-0.2, 0) is 0 Å². The van der Waals surface area contributed by atoms with E-state index in [2.05, 4.69) is 33.1 Å². The number of nitrogens with one attached hydrogen (secondary N) is 1. The molecular weight excluding hydrogens is 261 g/mol. The zero-order valence-electron chi connectivity index (χ0n) is 7.90. The molecule has 0 spiro atoms. The van der Waals surface area contributed by atoms with E-state index in [9.17, 15) is 0 Å². The highest BCUT2D eigenvalue weighted by atomic mass is 79.9. The quantitative estimate of drug-likeness (QED) is 0.649. The van der Waals surface area contributed by atoms with Gasteiger partial charge in [-0.3, -0.25) is 0 Å². The summed E-state index contributed by atoms with van der Waals surface area (Å²) in [6, 6.07) is 5.80. The van der Waals surface area contributed by atoms with Gasteiger partial charge in [0.1, 0.15) is 0 Å². The van der Waals surface area contributed by atoms with Gasteiger partial charge in [-0.25, -0.2) is 0 Å². The van der Waals surface area contributed by atoms with E-state index in [4.69, 9.17) is 11.6 Å². The molecule has 0 saturated heterocycles. The van der Waals surface area contributed by atoms with Crippen molar-refractivity contribution >= 4 is 33.2 Å². The van der Waals surface area contributed by atoms with Crippen LogP contribution < -0.4 is 5.32 Å². The summed E-state index contributed by atoms with van der Waals surface area (Å²) in [6.45, 7) is 2.69. The standard InChI is InChI=1S/C11H11BrClN/c1-2-3-4-7-14-9-5-6-10(12)11(13)8-9/h5-6,8,14H,4,7H2,1H3. The first-order valence-electron chi connectivity index (χ1n) is 4.32. The highest BCUT2D eigenvalue weighted by molar-refractivity contribution is 9.10. The molecule has 0 unspecified atom stereocenters. The average molecular weight is 273 g/mol. The lowest BCUT2D eigenvalue weighted by Crippen LogP contribution is -1.99. The van der Waals surface area contributed by atoms with Crippen LogP contribution in [0.4, 0.5) is 5.69 Å². The summed E-state index contributed by atoms with van der Waals surface area (Å²) in [4.78, 5) is 0. The summed E-state index contributed by atoms with van der Waals surface area (Å²) in [6.07, 6.45) is 0.851. The molecule has 1 aromatic carbocycles. The third kappa shape index (κ3) is 3.61. The first-order chi connectivity index (χ1) is 6.74. The molecule has 1 N–H and O–H groups in total. The lowest BCUT2D eigenvalue weighted by molar-refractivity contribution is 1.10. The van der Waals surface area contributed by atoms with E-state index in [1.807, 2.05) is 25.1 Å². The van der Waals surface area contributed by atoms with Crippen molar-refractivity contribution in [3.8, 4) is 11.8 Å². The van der Waals surface area contributed by atoms with E-state index >= 15 is 0 Å². The summed E-state index contributed by atoms with van der Waals surface area (Å²) in [7, 11) is 0.